The minimum Gasteiger partial charge on any atom is -0.390 e. The predicted octanol–water partition coefficient (Wildman–Crippen LogP) is 3.30. The molecule has 0 spiro atoms. The van der Waals surface area contributed by atoms with Crippen LogP contribution in [0.2, 0.25) is 0 Å². The number of aliphatic hydroxyl groups excluding tert-OH is 2. The highest BCUT2D eigenvalue weighted by Gasteiger charge is 2.38. The van der Waals surface area contributed by atoms with Gasteiger partial charge in [0.25, 0.3) is 0 Å². The SMILES string of the molecule is O[C@@H]1CN(Cc2ccccc2)C[C@@H](O)C1N(Cc1ccccc1)Cc1ccccc1. The van der Waals surface area contributed by atoms with E-state index in [4.69, 9.17) is 0 Å². The Bertz CT molecular complexity index is 835. The number of benzene rings is 3. The molecule has 4 heteroatoms. The van der Waals surface area contributed by atoms with Gasteiger partial charge >= 0.3 is 0 Å². The molecule has 0 saturated carbocycles. The van der Waals surface area contributed by atoms with Gasteiger partial charge in [-0.05, 0) is 16.7 Å². The van der Waals surface area contributed by atoms with E-state index in [0.717, 1.165) is 6.54 Å². The first-order valence-corrected chi connectivity index (χ1v) is 10.6. The standard InChI is InChI=1S/C26H30N2O2/c29-24-19-27(16-21-10-4-1-5-11-21)20-25(30)26(24)28(17-22-12-6-2-7-13-22)18-23-14-8-3-9-15-23/h1-15,24-26,29-30H,16-20H2/t24-,25-/m1/s1. The maximum atomic E-state index is 11.1. The summed E-state index contributed by atoms with van der Waals surface area (Å²) in [6.07, 6.45) is -1.24. The third-order valence-electron chi connectivity index (χ3n) is 5.81. The Hall–Kier alpha value is -2.50. The van der Waals surface area contributed by atoms with E-state index in [2.05, 4.69) is 46.2 Å². The number of β-amino-alcohol motifs (C(OH)–C–C–N with tert-alkyl or cyclic N) is 2. The molecule has 3 aromatic carbocycles. The Kier molecular flexibility index (Phi) is 6.92. The van der Waals surface area contributed by atoms with Crippen molar-refractivity contribution in [2.75, 3.05) is 13.1 Å². The van der Waals surface area contributed by atoms with E-state index in [1.807, 2.05) is 54.6 Å². The van der Waals surface area contributed by atoms with Gasteiger partial charge in [-0.2, -0.15) is 0 Å². The van der Waals surface area contributed by atoms with Gasteiger partial charge in [0, 0.05) is 32.7 Å². The lowest BCUT2D eigenvalue weighted by Crippen LogP contribution is -2.61. The van der Waals surface area contributed by atoms with Gasteiger partial charge in [-0.15, -0.1) is 0 Å². The largest absolute Gasteiger partial charge is 0.390 e. The molecule has 3 aromatic rings. The molecule has 1 aliphatic rings. The molecule has 2 atom stereocenters. The second-order valence-electron chi connectivity index (χ2n) is 8.18. The van der Waals surface area contributed by atoms with Crippen molar-refractivity contribution >= 4 is 0 Å². The number of piperidine rings is 1. The minimum absolute atomic E-state index is 0.308. The molecule has 0 aromatic heterocycles. The average Bonchev–Trinajstić information content (AvgIpc) is 2.75. The monoisotopic (exact) mass is 402 g/mol. The second-order valence-corrected chi connectivity index (χ2v) is 8.18. The molecule has 0 radical (unpaired) electrons. The highest BCUT2D eigenvalue weighted by atomic mass is 16.3. The molecule has 4 nitrogen and oxygen atoms in total. The topological polar surface area (TPSA) is 46.9 Å². The van der Waals surface area contributed by atoms with Gasteiger partial charge in [-0.25, -0.2) is 0 Å². The van der Waals surface area contributed by atoms with Gasteiger partial charge in [0.05, 0.1) is 18.2 Å². The van der Waals surface area contributed by atoms with Crippen molar-refractivity contribution in [1.82, 2.24) is 9.80 Å². The average molecular weight is 403 g/mol. The molecule has 1 aliphatic heterocycles. The first-order chi connectivity index (χ1) is 14.7. The molecular weight excluding hydrogens is 372 g/mol. The van der Waals surface area contributed by atoms with E-state index in [1.54, 1.807) is 0 Å². The van der Waals surface area contributed by atoms with E-state index in [9.17, 15) is 10.2 Å². The summed E-state index contributed by atoms with van der Waals surface area (Å²) in [6.45, 7) is 3.22. The van der Waals surface area contributed by atoms with Crippen LogP contribution in [0.15, 0.2) is 91.0 Å². The van der Waals surface area contributed by atoms with Crippen LogP contribution in [-0.4, -0.2) is 51.4 Å². The lowest BCUT2D eigenvalue weighted by molar-refractivity contribution is -0.0916. The molecule has 0 bridgehead atoms. The smallest absolute Gasteiger partial charge is 0.0848 e. The fourth-order valence-corrected chi connectivity index (χ4v) is 4.44. The molecule has 0 aliphatic carbocycles. The summed E-state index contributed by atoms with van der Waals surface area (Å²) in [5.41, 5.74) is 3.56. The minimum atomic E-state index is -0.620. The maximum Gasteiger partial charge on any atom is 0.0848 e. The number of rotatable bonds is 7. The first kappa shape index (κ1) is 20.8. The Morgan fingerprint density at radius 3 is 1.47 bits per heavy atom. The highest BCUT2D eigenvalue weighted by molar-refractivity contribution is 5.18. The molecule has 4 rings (SSSR count). The second kappa shape index (κ2) is 10.0. The van der Waals surface area contributed by atoms with E-state index in [1.165, 1.54) is 16.7 Å². The number of likely N-dealkylation sites (tertiary alicyclic amines) is 1. The normalized spacial score (nSPS) is 20.5. The molecule has 1 fully saturated rings. The summed E-state index contributed by atoms with van der Waals surface area (Å²) >= 11 is 0. The molecule has 1 heterocycles. The fourth-order valence-electron chi connectivity index (χ4n) is 4.44. The van der Waals surface area contributed by atoms with Gasteiger partial charge in [0.15, 0.2) is 0 Å². The van der Waals surface area contributed by atoms with Crippen molar-refractivity contribution in [3.63, 3.8) is 0 Å². The summed E-state index contributed by atoms with van der Waals surface area (Å²) < 4.78 is 0. The number of aliphatic hydroxyl groups is 2. The Morgan fingerprint density at radius 2 is 1.03 bits per heavy atom. The van der Waals surface area contributed by atoms with E-state index in [-0.39, 0.29) is 6.04 Å². The van der Waals surface area contributed by atoms with Crippen molar-refractivity contribution in [2.45, 2.75) is 37.9 Å². The van der Waals surface area contributed by atoms with Crippen LogP contribution in [0.5, 0.6) is 0 Å². The van der Waals surface area contributed by atoms with Crippen LogP contribution in [0.4, 0.5) is 0 Å². The quantitative estimate of drug-likeness (QED) is 0.637. The van der Waals surface area contributed by atoms with Gasteiger partial charge in [0.1, 0.15) is 0 Å². The van der Waals surface area contributed by atoms with Crippen LogP contribution in [0.1, 0.15) is 16.7 Å². The zero-order valence-electron chi connectivity index (χ0n) is 17.2. The molecular formula is C26H30N2O2. The zero-order valence-corrected chi connectivity index (χ0v) is 17.2. The molecule has 1 saturated heterocycles. The summed E-state index contributed by atoms with van der Waals surface area (Å²) in [7, 11) is 0. The van der Waals surface area contributed by atoms with E-state index >= 15 is 0 Å². The summed E-state index contributed by atoms with van der Waals surface area (Å²) in [5, 5.41) is 22.1. The van der Waals surface area contributed by atoms with Crippen LogP contribution in [-0.2, 0) is 19.6 Å². The van der Waals surface area contributed by atoms with Crippen molar-refractivity contribution in [1.29, 1.82) is 0 Å². The number of nitrogens with zero attached hydrogens (tertiary/aromatic N) is 2. The Labute approximate surface area is 179 Å². The lowest BCUT2D eigenvalue weighted by Gasteiger charge is -2.45. The first-order valence-electron chi connectivity index (χ1n) is 10.6. The third kappa shape index (κ3) is 5.35. The van der Waals surface area contributed by atoms with Crippen molar-refractivity contribution in [3.05, 3.63) is 108 Å². The molecule has 0 amide bonds. The van der Waals surface area contributed by atoms with Crippen LogP contribution >= 0.6 is 0 Å². The summed E-state index contributed by atoms with van der Waals surface area (Å²) in [6, 6.07) is 30.5. The van der Waals surface area contributed by atoms with Crippen LogP contribution < -0.4 is 0 Å². The zero-order chi connectivity index (χ0) is 20.8. The maximum absolute atomic E-state index is 11.1. The van der Waals surface area contributed by atoms with E-state index in [0.29, 0.717) is 26.2 Å². The van der Waals surface area contributed by atoms with Crippen molar-refractivity contribution < 1.29 is 10.2 Å². The molecule has 2 N–H and O–H groups in total. The Morgan fingerprint density at radius 1 is 0.633 bits per heavy atom. The van der Waals surface area contributed by atoms with Gasteiger partial charge in [0.2, 0.25) is 0 Å². The lowest BCUT2D eigenvalue weighted by atomic mass is 9.95. The summed E-state index contributed by atoms with van der Waals surface area (Å²) in [4.78, 5) is 4.37. The van der Waals surface area contributed by atoms with Crippen LogP contribution in [0, 0.1) is 0 Å². The molecule has 0 unspecified atom stereocenters. The van der Waals surface area contributed by atoms with Crippen molar-refractivity contribution in [3.8, 4) is 0 Å². The third-order valence-corrected chi connectivity index (χ3v) is 5.81. The van der Waals surface area contributed by atoms with E-state index < -0.39 is 12.2 Å². The van der Waals surface area contributed by atoms with Gasteiger partial charge < -0.3 is 10.2 Å². The van der Waals surface area contributed by atoms with Gasteiger partial charge in [-0.1, -0.05) is 91.0 Å². The van der Waals surface area contributed by atoms with Crippen LogP contribution in [0.3, 0.4) is 0 Å². The highest BCUT2D eigenvalue weighted by Crippen LogP contribution is 2.23. The number of hydrogen-bond acceptors (Lipinski definition) is 4. The molecule has 30 heavy (non-hydrogen) atoms. The fraction of sp³-hybridized carbons (Fsp3) is 0.308. The van der Waals surface area contributed by atoms with Gasteiger partial charge in [-0.3, -0.25) is 9.80 Å². The molecule has 156 valence electrons. The van der Waals surface area contributed by atoms with Crippen LogP contribution in [0.25, 0.3) is 0 Å². The summed E-state index contributed by atoms with van der Waals surface area (Å²) in [5.74, 6) is 0. The van der Waals surface area contributed by atoms with Crippen molar-refractivity contribution in [2.24, 2.45) is 0 Å². The predicted molar refractivity (Wildman–Crippen MR) is 120 cm³/mol. The number of hydrogen-bond donors (Lipinski definition) is 2. The Balaban J connectivity index is 1.50.